The molecule has 0 saturated carbocycles. The van der Waals surface area contributed by atoms with Crippen LogP contribution in [-0.4, -0.2) is 23.4 Å². The summed E-state index contributed by atoms with van der Waals surface area (Å²) in [5.74, 6) is 0.739. The van der Waals surface area contributed by atoms with Crippen LogP contribution in [0.4, 0.5) is 0 Å². The molecule has 1 atom stereocenters. The number of methoxy groups -OCH3 is 1. The Hall–Kier alpha value is -2.01. The largest absolute Gasteiger partial charge is 0.507 e. The highest BCUT2D eigenvalue weighted by molar-refractivity contribution is 5.90. The quantitative estimate of drug-likeness (QED) is 0.882. The molecule has 19 heavy (non-hydrogen) atoms. The number of aliphatic hydroxyl groups excluding tert-OH is 1. The summed E-state index contributed by atoms with van der Waals surface area (Å²) in [6, 6.07) is 3.30. The van der Waals surface area contributed by atoms with Crippen molar-refractivity contribution in [3.63, 3.8) is 0 Å². The summed E-state index contributed by atoms with van der Waals surface area (Å²) in [4.78, 5) is 11.9. The minimum Gasteiger partial charge on any atom is -0.507 e. The first-order chi connectivity index (χ1) is 8.93. The van der Waals surface area contributed by atoms with Crippen molar-refractivity contribution in [2.24, 2.45) is 0 Å². The number of benzene rings is 1. The Labute approximate surface area is 110 Å². The van der Waals surface area contributed by atoms with E-state index in [1.807, 2.05) is 0 Å². The van der Waals surface area contributed by atoms with E-state index >= 15 is 0 Å². The number of phenols is 1. The summed E-state index contributed by atoms with van der Waals surface area (Å²) in [6.07, 6.45) is -0.371. The van der Waals surface area contributed by atoms with E-state index in [0.717, 1.165) is 0 Å². The van der Waals surface area contributed by atoms with Crippen molar-refractivity contribution in [3.8, 4) is 11.5 Å². The summed E-state index contributed by atoms with van der Waals surface area (Å²) in [7, 11) is 1.50. The van der Waals surface area contributed by atoms with E-state index in [9.17, 15) is 15.0 Å². The van der Waals surface area contributed by atoms with Gasteiger partial charge in [-0.05, 0) is 31.4 Å². The number of aliphatic hydroxyl groups is 1. The van der Waals surface area contributed by atoms with Crippen LogP contribution >= 0.6 is 0 Å². The third-order valence-corrected chi connectivity index (χ3v) is 3.00. The van der Waals surface area contributed by atoms with Crippen molar-refractivity contribution >= 4 is 10.8 Å². The van der Waals surface area contributed by atoms with Crippen LogP contribution in [0.3, 0.4) is 0 Å². The van der Waals surface area contributed by atoms with Gasteiger partial charge >= 0.3 is 5.63 Å². The Bertz CT molecular complexity index is 670. The Kier molecular flexibility index (Phi) is 3.48. The lowest BCUT2D eigenvalue weighted by Crippen LogP contribution is -2.09. The molecule has 0 spiro atoms. The predicted octanol–water partition coefficient (Wildman–Crippen LogP) is 1.74. The zero-order chi connectivity index (χ0) is 14.2. The molecule has 0 aliphatic carbocycles. The van der Waals surface area contributed by atoms with Crippen LogP contribution < -0.4 is 10.4 Å². The number of fused-ring (bicyclic) bond motifs is 1. The van der Waals surface area contributed by atoms with Gasteiger partial charge in [0.15, 0.2) is 0 Å². The van der Waals surface area contributed by atoms with Crippen LogP contribution in [0.2, 0.25) is 0 Å². The molecule has 5 nitrogen and oxygen atoms in total. The van der Waals surface area contributed by atoms with Crippen molar-refractivity contribution < 1.29 is 19.4 Å². The summed E-state index contributed by atoms with van der Waals surface area (Å²) in [5.41, 5.74) is -0.123. The molecule has 1 aromatic heterocycles. The molecular weight excluding hydrogens is 248 g/mol. The van der Waals surface area contributed by atoms with Gasteiger partial charge in [-0.15, -0.1) is 0 Å². The number of aromatic hydroxyl groups is 1. The molecule has 1 aromatic carbocycles. The summed E-state index contributed by atoms with van der Waals surface area (Å²) in [6.45, 7) is 3.27. The zero-order valence-corrected chi connectivity index (χ0v) is 11.1. The molecule has 1 heterocycles. The fourth-order valence-electron chi connectivity index (χ4n) is 2.07. The lowest BCUT2D eigenvalue weighted by Gasteiger charge is -2.10. The van der Waals surface area contributed by atoms with Crippen LogP contribution in [0.5, 0.6) is 11.5 Å². The Morgan fingerprint density at radius 3 is 2.68 bits per heavy atom. The number of hydrogen-bond donors (Lipinski definition) is 2. The van der Waals surface area contributed by atoms with E-state index in [0.29, 0.717) is 22.5 Å². The molecule has 0 radical (unpaired) electrons. The summed E-state index contributed by atoms with van der Waals surface area (Å²) < 4.78 is 10.2. The van der Waals surface area contributed by atoms with Gasteiger partial charge in [0.2, 0.25) is 0 Å². The van der Waals surface area contributed by atoms with E-state index in [2.05, 4.69) is 0 Å². The molecule has 2 rings (SSSR count). The van der Waals surface area contributed by atoms with Crippen LogP contribution in [0.25, 0.3) is 10.8 Å². The van der Waals surface area contributed by atoms with Gasteiger partial charge in [-0.3, -0.25) is 0 Å². The molecule has 2 aromatic rings. The van der Waals surface area contributed by atoms with E-state index in [-0.39, 0.29) is 17.6 Å². The van der Waals surface area contributed by atoms with Crippen molar-refractivity contribution in [1.29, 1.82) is 0 Å². The molecule has 0 aliphatic heterocycles. The molecule has 102 valence electrons. The maximum atomic E-state index is 11.9. The Morgan fingerprint density at radius 1 is 1.42 bits per heavy atom. The third-order valence-electron chi connectivity index (χ3n) is 3.00. The molecule has 2 N–H and O–H groups in total. The number of hydrogen-bond acceptors (Lipinski definition) is 5. The van der Waals surface area contributed by atoms with Crippen molar-refractivity contribution in [2.75, 3.05) is 7.11 Å². The fourth-order valence-corrected chi connectivity index (χ4v) is 2.07. The highest BCUT2D eigenvalue weighted by Crippen LogP contribution is 2.33. The molecule has 0 amide bonds. The molecule has 0 aliphatic rings. The summed E-state index contributed by atoms with van der Waals surface area (Å²) >= 11 is 0. The van der Waals surface area contributed by atoms with Crippen molar-refractivity contribution in [3.05, 3.63) is 33.9 Å². The average molecular weight is 264 g/mol. The Morgan fingerprint density at radius 2 is 2.11 bits per heavy atom. The fraction of sp³-hybridized carbons (Fsp3) is 0.357. The minimum absolute atomic E-state index is 0.132. The van der Waals surface area contributed by atoms with Crippen molar-refractivity contribution in [2.45, 2.75) is 26.4 Å². The first-order valence-corrected chi connectivity index (χ1v) is 5.95. The third kappa shape index (κ3) is 2.42. The second-order valence-electron chi connectivity index (χ2n) is 4.57. The van der Waals surface area contributed by atoms with Gasteiger partial charge < -0.3 is 19.4 Å². The van der Waals surface area contributed by atoms with Crippen LogP contribution in [0.1, 0.15) is 18.2 Å². The summed E-state index contributed by atoms with van der Waals surface area (Å²) in [5, 5.41) is 20.0. The minimum atomic E-state index is -0.614. The van der Waals surface area contributed by atoms with Gasteiger partial charge in [0, 0.05) is 12.0 Å². The van der Waals surface area contributed by atoms with Crippen LogP contribution in [-0.2, 0) is 6.42 Å². The topological polar surface area (TPSA) is 79.9 Å². The van der Waals surface area contributed by atoms with E-state index in [4.69, 9.17) is 9.15 Å². The van der Waals surface area contributed by atoms with Gasteiger partial charge in [0.25, 0.3) is 0 Å². The highest BCUT2D eigenvalue weighted by atomic mass is 16.5. The first kappa shape index (κ1) is 13.4. The van der Waals surface area contributed by atoms with E-state index in [1.54, 1.807) is 26.0 Å². The number of rotatable bonds is 3. The standard InChI is InChI=1S/C14H16O5/c1-7(15)4-10-5-9-6-11(18-3)8(2)13(16)12(9)14(17)19-10/h5-7,15-16H,4H2,1-3H3/t7-/m0/s1. The first-order valence-electron chi connectivity index (χ1n) is 5.95. The van der Waals surface area contributed by atoms with Crippen LogP contribution in [0, 0.1) is 6.92 Å². The lowest BCUT2D eigenvalue weighted by atomic mass is 10.1. The van der Waals surface area contributed by atoms with Gasteiger partial charge in [0.05, 0.1) is 13.2 Å². The molecule has 0 unspecified atom stereocenters. The van der Waals surface area contributed by atoms with E-state index < -0.39 is 11.7 Å². The average Bonchev–Trinajstić information content (AvgIpc) is 2.32. The SMILES string of the molecule is COc1cc2cc(C[C@H](C)O)oc(=O)c2c(O)c1C. The number of phenolic OH excluding ortho intramolecular Hbond substituents is 1. The second-order valence-corrected chi connectivity index (χ2v) is 4.57. The van der Waals surface area contributed by atoms with Crippen LogP contribution in [0.15, 0.2) is 21.3 Å². The molecule has 5 heteroatoms. The molecule has 0 bridgehead atoms. The van der Waals surface area contributed by atoms with Gasteiger partial charge in [-0.1, -0.05) is 0 Å². The maximum Gasteiger partial charge on any atom is 0.347 e. The Balaban J connectivity index is 2.74. The highest BCUT2D eigenvalue weighted by Gasteiger charge is 2.15. The molecule has 0 saturated heterocycles. The second kappa shape index (κ2) is 4.93. The van der Waals surface area contributed by atoms with E-state index in [1.165, 1.54) is 7.11 Å². The predicted molar refractivity (Wildman–Crippen MR) is 70.8 cm³/mol. The van der Waals surface area contributed by atoms with Gasteiger partial charge in [-0.25, -0.2) is 4.79 Å². The van der Waals surface area contributed by atoms with Gasteiger partial charge in [-0.2, -0.15) is 0 Å². The smallest absolute Gasteiger partial charge is 0.347 e. The number of ether oxygens (including phenoxy) is 1. The monoisotopic (exact) mass is 264 g/mol. The molecular formula is C14H16O5. The molecule has 0 fully saturated rings. The maximum absolute atomic E-state index is 11.9. The van der Waals surface area contributed by atoms with Crippen molar-refractivity contribution in [1.82, 2.24) is 0 Å². The lowest BCUT2D eigenvalue weighted by molar-refractivity contribution is 0.186. The normalized spacial score (nSPS) is 12.6. The van der Waals surface area contributed by atoms with Gasteiger partial charge in [0.1, 0.15) is 22.6 Å². The zero-order valence-electron chi connectivity index (χ0n) is 11.1.